The van der Waals surface area contributed by atoms with Crippen LogP contribution < -0.4 is 9.64 Å². The third-order valence-electron chi connectivity index (χ3n) is 4.30. The number of anilines is 1. The summed E-state index contributed by atoms with van der Waals surface area (Å²) in [4.78, 5) is 28.2. The van der Waals surface area contributed by atoms with Crippen molar-refractivity contribution >= 4 is 41.7 Å². The van der Waals surface area contributed by atoms with Gasteiger partial charge in [-0.15, -0.1) is 24.2 Å². The SMILES string of the molecule is Cl.[2H]C([2H])([2H])N(C)CC([2H])([2H])N1C(=O)[C@H](OC(C)=O)[C@H](c2ccc(OC)cc2)Sc2ccccc21. The van der Waals surface area contributed by atoms with Crippen LogP contribution in [-0.4, -0.2) is 57.1 Å². The fraction of sp³-hybridized carbons (Fsp3) is 0.364. The Kier molecular flexibility index (Phi) is 6.23. The summed E-state index contributed by atoms with van der Waals surface area (Å²) in [7, 11) is 2.80. The van der Waals surface area contributed by atoms with Crippen LogP contribution in [0, 0.1) is 0 Å². The lowest BCUT2D eigenvalue weighted by atomic mass is 10.1. The van der Waals surface area contributed by atoms with Gasteiger partial charge < -0.3 is 19.3 Å². The molecule has 2 atom stereocenters. The normalized spacial score (nSPS) is 21.7. The number of fused-ring (bicyclic) bond motifs is 1. The Balaban J connectivity index is 0.00000432. The van der Waals surface area contributed by atoms with Crippen LogP contribution in [0.5, 0.6) is 5.75 Å². The zero-order chi connectivity index (χ0) is 25.3. The van der Waals surface area contributed by atoms with Crippen molar-refractivity contribution in [3.63, 3.8) is 0 Å². The number of carbonyl (C=O) groups is 2. The summed E-state index contributed by atoms with van der Waals surface area (Å²) in [5.41, 5.74) is 0.955. The summed E-state index contributed by atoms with van der Waals surface area (Å²) in [5.74, 6) is -0.857. The predicted octanol–water partition coefficient (Wildman–Crippen LogP) is 3.79. The summed E-state index contributed by atoms with van der Waals surface area (Å²) in [5, 5.41) is -0.676. The molecule has 0 radical (unpaired) electrons. The van der Waals surface area contributed by atoms with Crippen LogP contribution in [-0.2, 0) is 14.3 Å². The summed E-state index contributed by atoms with van der Waals surface area (Å²) >= 11 is 1.27. The molecule has 0 saturated carbocycles. The molecule has 6 nitrogen and oxygen atoms in total. The number of ether oxygens (including phenoxy) is 2. The maximum Gasteiger partial charge on any atom is 0.303 e. The van der Waals surface area contributed by atoms with Crippen molar-refractivity contribution < 1.29 is 25.9 Å². The van der Waals surface area contributed by atoms with E-state index < -0.39 is 43.2 Å². The van der Waals surface area contributed by atoms with E-state index in [-0.39, 0.29) is 18.1 Å². The molecule has 1 heterocycles. The van der Waals surface area contributed by atoms with Gasteiger partial charge in [-0.3, -0.25) is 9.59 Å². The summed E-state index contributed by atoms with van der Waals surface area (Å²) in [6.45, 7) is -4.39. The molecule has 0 unspecified atom stereocenters. The van der Waals surface area contributed by atoms with Crippen molar-refractivity contribution in [2.75, 3.05) is 39.1 Å². The van der Waals surface area contributed by atoms with Crippen LogP contribution in [0.25, 0.3) is 0 Å². The molecule has 0 bridgehead atoms. The molecule has 3 rings (SSSR count). The molecule has 1 amide bonds. The minimum absolute atomic E-state index is 0. The topological polar surface area (TPSA) is 59.1 Å². The minimum atomic E-state index is -2.56. The summed E-state index contributed by atoms with van der Waals surface area (Å²) in [6.07, 6.45) is -1.35. The zero-order valence-corrected chi connectivity index (χ0v) is 18.5. The standard InChI is InChI=1S/C22H26N2O4S.ClH/c1-15(25)28-20-21(16-9-11-17(27-4)12-10-16)29-19-8-6-5-7-18(19)24(22(20)26)14-13-23(2)3;/h5-12,20-21H,13-14H2,1-4H3;1H/t20-,21+;/m1./s1/i2D3,14D2;. The van der Waals surface area contributed by atoms with Crippen molar-refractivity contribution in [1.29, 1.82) is 0 Å². The van der Waals surface area contributed by atoms with Crippen molar-refractivity contribution in [2.45, 2.75) is 23.2 Å². The Morgan fingerprint density at radius 3 is 2.60 bits per heavy atom. The number of halogens is 1. The van der Waals surface area contributed by atoms with Crippen LogP contribution in [0.15, 0.2) is 53.4 Å². The van der Waals surface area contributed by atoms with Crippen LogP contribution in [0.2, 0.25) is 0 Å². The van der Waals surface area contributed by atoms with Crippen molar-refractivity contribution in [3.8, 4) is 5.75 Å². The second-order valence-corrected chi connectivity index (χ2v) is 7.68. The number of para-hydroxylation sites is 1. The number of carbonyl (C=O) groups excluding carboxylic acids is 2. The predicted molar refractivity (Wildman–Crippen MR) is 122 cm³/mol. The number of likely N-dealkylation sites (N-methyl/N-ethyl adjacent to an activating group) is 1. The van der Waals surface area contributed by atoms with Gasteiger partial charge in [0, 0.05) is 29.0 Å². The van der Waals surface area contributed by atoms with Gasteiger partial charge in [0.05, 0.1) is 20.8 Å². The van der Waals surface area contributed by atoms with E-state index in [2.05, 4.69) is 0 Å². The Labute approximate surface area is 195 Å². The number of rotatable bonds is 6. The van der Waals surface area contributed by atoms with E-state index in [4.69, 9.17) is 16.3 Å². The Morgan fingerprint density at radius 1 is 1.27 bits per heavy atom. The Morgan fingerprint density at radius 2 is 1.97 bits per heavy atom. The number of hydrogen-bond acceptors (Lipinski definition) is 6. The van der Waals surface area contributed by atoms with E-state index in [1.165, 1.54) is 32.8 Å². The lowest BCUT2D eigenvalue weighted by Crippen LogP contribution is -2.45. The van der Waals surface area contributed by atoms with Crippen molar-refractivity contribution in [3.05, 3.63) is 54.1 Å². The maximum atomic E-state index is 13.8. The van der Waals surface area contributed by atoms with E-state index >= 15 is 0 Å². The molecular weight excluding hydrogens is 424 g/mol. The highest BCUT2D eigenvalue weighted by molar-refractivity contribution is 7.99. The van der Waals surface area contributed by atoms with Crippen LogP contribution in [0.1, 0.15) is 24.6 Å². The lowest BCUT2D eigenvalue weighted by Gasteiger charge is -2.28. The first-order valence-corrected chi connectivity index (χ1v) is 9.85. The number of amides is 1. The Bertz CT molecular complexity index is 1050. The van der Waals surface area contributed by atoms with Gasteiger partial charge in [-0.2, -0.15) is 0 Å². The van der Waals surface area contributed by atoms with Crippen LogP contribution in [0.3, 0.4) is 0 Å². The maximum absolute atomic E-state index is 13.8. The number of thioether (sulfide) groups is 1. The molecule has 0 saturated heterocycles. The fourth-order valence-electron chi connectivity index (χ4n) is 2.98. The highest BCUT2D eigenvalue weighted by Crippen LogP contribution is 2.46. The molecule has 0 aliphatic carbocycles. The molecule has 162 valence electrons. The summed E-state index contributed by atoms with van der Waals surface area (Å²) in [6, 6.07) is 13.7. The molecule has 1 aliphatic rings. The van der Waals surface area contributed by atoms with Crippen LogP contribution in [0.4, 0.5) is 5.69 Å². The molecule has 2 aromatic carbocycles. The molecule has 0 fully saturated rings. The van der Waals surface area contributed by atoms with E-state index in [0.29, 0.717) is 16.2 Å². The fourth-order valence-corrected chi connectivity index (χ4v) is 4.28. The third-order valence-corrected chi connectivity index (χ3v) is 5.67. The van der Waals surface area contributed by atoms with Gasteiger partial charge >= 0.3 is 5.97 Å². The number of benzene rings is 2. The smallest absolute Gasteiger partial charge is 0.303 e. The number of methoxy groups -OCH3 is 1. The molecule has 30 heavy (non-hydrogen) atoms. The van der Waals surface area contributed by atoms with Gasteiger partial charge in [0.1, 0.15) is 5.75 Å². The molecular formula is C22H27ClN2O4S. The van der Waals surface area contributed by atoms with Gasteiger partial charge in [-0.1, -0.05) is 24.3 Å². The first kappa shape index (κ1) is 17.5. The second kappa shape index (κ2) is 10.7. The van der Waals surface area contributed by atoms with E-state index in [1.807, 2.05) is 0 Å². The molecule has 0 aromatic heterocycles. The van der Waals surface area contributed by atoms with Crippen LogP contribution >= 0.6 is 24.2 Å². The van der Waals surface area contributed by atoms with Crippen molar-refractivity contribution in [1.82, 2.24) is 4.90 Å². The summed E-state index contributed by atoms with van der Waals surface area (Å²) < 4.78 is 50.8. The molecule has 0 spiro atoms. The third kappa shape index (κ3) is 5.47. The van der Waals surface area contributed by atoms with Gasteiger partial charge in [0.25, 0.3) is 5.91 Å². The average Bonchev–Trinajstić information content (AvgIpc) is 2.87. The van der Waals surface area contributed by atoms with Gasteiger partial charge in [0.15, 0.2) is 6.10 Å². The highest BCUT2D eigenvalue weighted by atomic mass is 35.5. The molecule has 0 N–H and O–H groups in total. The monoisotopic (exact) mass is 455 g/mol. The first-order chi connectivity index (χ1) is 15.8. The second-order valence-electron chi connectivity index (χ2n) is 6.50. The van der Waals surface area contributed by atoms with E-state index in [0.717, 1.165) is 9.80 Å². The minimum Gasteiger partial charge on any atom is -0.497 e. The van der Waals surface area contributed by atoms with Crippen molar-refractivity contribution in [2.24, 2.45) is 0 Å². The van der Waals surface area contributed by atoms with Gasteiger partial charge in [-0.25, -0.2) is 0 Å². The van der Waals surface area contributed by atoms with E-state index in [9.17, 15) is 9.59 Å². The van der Waals surface area contributed by atoms with Gasteiger partial charge in [-0.05, 0) is 43.9 Å². The Hall–Kier alpha value is -2.22. The quantitative estimate of drug-likeness (QED) is 0.617. The molecule has 2 aromatic rings. The first-order valence-electron chi connectivity index (χ1n) is 11.5. The van der Waals surface area contributed by atoms with E-state index in [1.54, 1.807) is 48.5 Å². The molecule has 8 heteroatoms. The lowest BCUT2D eigenvalue weighted by molar-refractivity contribution is -0.152. The zero-order valence-electron chi connectivity index (χ0n) is 21.8. The number of nitrogens with zero attached hydrogens (tertiary/aromatic N) is 2. The highest BCUT2D eigenvalue weighted by Gasteiger charge is 2.40. The number of hydrogen-bond donors (Lipinski definition) is 0. The largest absolute Gasteiger partial charge is 0.497 e. The number of esters is 1. The molecule has 1 aliphatic heterocycles. The van der Waals surface area contributed by atoms with Gasteiger partial charge in [0.2, 0.25) is 0 Å². The average molecular weight is 456 g/mol.